The van der Waals surface area contributed by atoms with E-state index in [9.17, 15) is 4.79 Å². The minimum atomic E-state index is -0.0932. The average Bonchev–Trinajstić information content (AvgIpc) is 3.46. The number of carbonyl (C=O) groups is 1. The van der Waals surface area contributed by atoms with Crippen LogP contribution in [0.15, 0.2) is 34.2 Å². The van der Waals surface area contributed by atoms with Gasteiger partial charge in [-0.3, -0.25) is 4.79 Å². The Morgan fingerprint density at radius 3 is 2.77 bits per heavy atom. The summed E-state index contributed by atoms with van der Waals surface area (Å²) >= 11 is 1.49. The van der Waals surface area contributed by atoms with Crippen molar-refractivity contribution >= 4 is 23.1 Å². The Labute approximate surface area is 186 Å². The van der Waals surface area contributed by atoms with Gasteiger partial charge in [0.1, 0.15) is 22.3 Å². The van der Waals surface area contributed by atoms with Crippen molar-refractivity contribution in [3.8, 4) is 22.3 Å². The molecule has 0 saturated carbocycles. The molecule has 1 amide bonds. The summed E-state index contributed by atoms with van der Waals surface area (Å²) in [6.07, 6.45) is 6.34. The van der Waals surface area contributed by atoms with Crippen molar-refractivity contribution in [2.75, 3.05) is 31.5 Å². The Bertz CT molecular complexity index is 997. The van der Waals surface area contributed by atoms with Gasteiger partial charge in [-0.25, -0.2) is 25.0 Å². The summed E-state index contributed by atoms with van der Waals surface area (Å²) in [5.74, 6) is 2.12. The molecule has 1 saturated heterocycles. The van der Waals surface area contributed by atoms with Gasteiger partial charge in [-0.15, -0.1) is 11.3 Å². The summed E-state index contributed by atoms with van der Waals surface area (Å²) in [5.41, 5.74) is 0.658. The molecule has 0 radical (unpaired) electrons. The molecule has 0 unspecified atom stereocenters. The lowest BCUT2D eigenvalue weighted by atomic mass is 10.2. The number of furan rings is 1. The number of aryl methyl sites for hydroxylation is 1. The van der Waals surface area contributed by atoms with E-state index in [1.54, 1.807) is 12.3 Å². The van der Waals surface area contributed by atoms with Crippen LogP contribution in [-0.2, 0) is 4.79 Å². The van der Waals surface area contributed by atoms with Gasteiger partial charge in [-0.1, -0.05) is 13.3 Å². The number of hydrogen-bond donors (Lipinski definition) is 1. The third kappa shape index (κ3) is 5.55. The van der Waals surface area contributed by atoms with Crippen molar-refractivity contribution < 1.29 is 9.21 Å². The first-order chi connectivity index (χ1) is 15.1. The average molecular weight is 441 g/mol. The predicted octanol–water partition coefficient (Wildman–Crippen LogP) is 4.22. The zero-order valence-corrected chi connectivity index (χ0v) is 18.8. The van der Waals surface area contributed by atoms with Crippen molar-refractivity contribution in [2.45, 2.75) is 39.5 Å². The summed E-state index contributed by atoms with van der Waals surface area (Å²) in [7, 11) is 0. The predicted molar refractivity (Wildman–Crippen MR) is 121 cm³/mol. The van der Waals surface area contributed by atoms with Crippen LogP contribution in [0.1, 0.15) is 38.4 Å². The van der Waals surface area contributed by atoms with E-state index < -0.39 is 0 Å². The van der Waals surface area contributed by atoms with Crippen LogP contribution in [0.4, 0.5) is 5.82 Å². The summed E-state index contributed by atoms with van der Waals surface area (Å²) < 4.78 is 5.71. The quantitative estimate of drug-likeness (QED) is 0.561. The molecule has 8 nitrogen and oxygen atoms in total. The molecule has 3 aromatic rings. The van der Waals surface area contributed by atoms with Crippen LogP contribution in [0.2, 0.25) is 0 Å². The fraction of sp³-hybridized carbons (Fsp3) is 0.455. The van der Waals surface area contributed by atoms with Crippen LogP contribution < -0.4 is 5.32 Å². The van der Waals surface area contributed by atoms with Gasteiger partial charge < -0.3 is 9.73 Å². The lowest BCUT2D eigenvalue weighted by molar-refractivity contribution is -0.124. The van der Waals surface area contributed by atoms with Crippen LogP contribution >= 0.6 is 11.3 Å². The number of thiazole rings is 1. The standard InChI is InChI=1S/C22H28N6O2S/c1-3-10-28(27-11-5-4-6-12-27)15-20(29)25-19-14-17(22-23-9-13-31-22)24-21(26-19)18-8-7-16(2)30-18/h7-9,13-14H,3-6,10-12,15H2,1-2H3,(H,24,25,26,29). The number of anilines is 1. The van der Waals surface area contributed by atoms with Crippen LogP contribution in [0, 0.1) is 6.92 Å². The zero-order chi connectivity index (χ0) is 21.6. The first-order valence-electron chi connectivity index (χ1n) is 10.8. The van der Waals surface area contributed by atoms with Crippen molar-refractivity contribution in [3.63, 3.8) is 0 Å². The fourth-order valence-electron chi connectivity index (χ4n) is 3.72. The molecule has 1 aliphatic heterocycles. The highest BCUT2D eigenvalue weighted by Gasteiger charge is 2.21. The van der Waals surface area contributed by atoms with E-state index in [1.807, 2.05) is 24.4 Å². The molecule has 4 heterocycles. The van der Waals surface area contributed by atoms with E-state index in [2.05, 4.69) is 37.2 Å². The molecule has 0 bridgehead atoms. The highest BCUT2D eigenvalue weighted by molar-refractivity contribution is 7.13. The third-order valence-electron chi connectivity index (χ3n) is 5.15. The van der Waals surface area contributed by atoms with E-state index in [0.717, 1.165) is 36.8 Å². The molecule has 0 spiro atoms. The molecule has 1 N–H and O–H groups in total. The summed E-state index contributed by atoms with van der Waals surface area (Å²) in [6, 6.07) is 5.47. The monoisotopic (exact) mass is 440 g/mol. The van der Waals surface area contributed by atoms with Crippen molar-refractivity contribution in [1.29, 1.82) is 0 Å². The number of hydrazine groups is 1. The second-order valence-corrected chi connectivity index (χ2v) is 8.55. The SMILES string of the molecule is CCCN(CC(=O)Nc1cc(-c2nccs2)nc(-c2ccc(C)o2)n1)N1CCCCC1. The molecule has 9 heteroatoms. The third-order valence-corrected chi connectivity index (χ3v) is 5.94. The smallest absolute Gasteiger partial charge is 0.241 e. The first kappa shape index (κ1) is 21.6. The number of hydrogen-bond acceptors (Lipinski definition) is 8. The van der Waals surface area contributed by atoms with Crippen LogP contribution in [-0.4, -0.2) is 57.1 Å². The van der Waals surface area contributed by atoms with Crippen molar-refractivity contribution in [2.24, 2.45) is 0 Å². The number of carbonyl (C=O) groups excluding carboxylic acids is 1. The maximum Gasteiger partial charge on any atom is 0.241 e. The van der Waals surface area contributed by atoms with Crippen LogP contribution in [0.3, 0.4) is 0 Å². The van der Waals surface area contributed by atoms with E-state index in [4.69, 9.17) is 4.42 Å². The van der Waals surface area contributed by atoms with Gasteiger partial charge in [-0.2, -0.15) is 0 Å². The maximum atomic E-state index is 12.9. The Kier molecular flexibility index (Phi) is 7.06. The van der Waals surface area contributed by atoms with E-state index in [0.29, 0.717) is 29.6 Å². The molecule has 4 rings (SSSR count). The molecule has 0 atom stereocenters. The second-order valence-electron chi connectivity index (χ2n) is 7.66. The van der Waals surface area contributed by atoms with Gasteiger partial charge in [0, 0.05) is 37.3 Å². The number of nitrogens with one attached hydrogen (secondary N) is 1. The van der Waals surface area contributed by atoms with Gasteiger partial charge in [0.15, 0.2) is 11.6 Å². The van der Waals surface area contributed by atoms with Crippen LogP contribution in [0.25, 0.3) is 22.3 Å². The van der Waals surface area contributed by atoms with Gasteiger partial charge in [0.05, 0.1) is 6.54 Å². The fourth-order valence-corrected chi connectivity index (χ4v) is 4.32. The minimum Gasteiger partial charge on any atom is -0.458 e. The van der Waals surface area contributed by atoms with Gasteiger partial charge in [-0.05, 0) is 38.3 Å². The highest BCUT2D eigenvalue weighted by Crippen LogP contribution is 2.26. The highest BCUT2D eigenvalue weighted by atomic mass is 32.1. The molecule has 1 aliphatic rings. The van der Waals surface area contributed by atoms with Gasteiger partial charge >= 0.3 is 0 Å². The number of piperidine rings is 1. The molecule has 1 fully saturated rings. The number of rotatable bonds is 8. The Balaban J connectivity index is 1.54. The Morgan fingerprint density at radius 2 is 2.10 bits per heavy atom. The maximum absolute atomic E-state index is 12.9. The molecule has 0 aliphatic carbocycles. The Hall–Kier alpha value is -2.62. The lowest BCUT2D eigenvalue weighted by Crippen LogP contribution is -2.49. The summed E-state index contributed by atoms with van der Waals surface area (Å²) in [5, 5.41) is 10.1. The normalized spacial score (nSPS) is 14.8. The number of aromatic nitrogens is 3. The molecular weight excluding hydrogens is 412 g/mol. The first-order valence-corrected chi connectivity index (χ1v) is 11.7. The molecule has 3 aromatic heterocycles. The number of nitrogens with zero attached hydrogens (tertiary/aromatic N) is 5. The van der Waals surface area contributed by atoms with E-state index in [-0.39, 0.29) is 5.91 Å². The zero-order valence-electron chi connectivity index (χ0n) is 18.0. The van der Waals surface area contributed by atoms with Crippen molar-refractivity contribution in [1.82, 2.24) is 25.0 Å². The summed E-state index contributed by atoms with van der Waals surface area (Å²) in [6.45, 7) is 7.20. The van der Waals surface area contributed by atoms with Crippen molar-refractivity contribution in [3.05, 3.63) is 35.5 Å². The second kappa shape index (κ2) is 10.1. The molecule has 164 valence electrons. The largest absolute Gasteiger partial charge is 0.458 e. The Morgan fingerprint density at radius 1 is 1.26 bits per heavy atom. The van der Waals surface area contributed by atoms with Crippen LogP contribution in [0.5, 0.6) is 0 Å². The van der Waals surface area contributed by atoms with Gasteiger partial charge in [0.2, 0.25) is 5.91 Å². The van der Waals surface area contributed by atoms with E-state index >= 15 is 0 Å². The molecular formula is C22H28N6O2S. The number of amides is 1. The molecule has 0 aromatic carbocycles. The molecule has 31 heavy (non-hydrogen) atoms. The van der Waals surface area contributed by atoms with Gasteiger partial charge in [0.25, 0.3) is 0 Å². The summed E-state index contributed by atoms with van der Waals surface area (Å²) in [4.78, 5) is 26.4. The topological polar surface area (TPSA) is 87.4 Å². The minimum absolute atomic E-state index is 0.0932. The van der Waals surface area contributed by atoms with E-state index in [1.165, 1.54) is 30.6 Å². The lowest BCUT2D eigenvalue weighted by Gasteiger charge is -2.36.